The van der Waals surface area contributed by atoms with Gasteiger partial charge in [0.05, 0.1) is 11.5 Å². The third-order valence-electron chi connectivity index (χ3n) is 3.79. The van der Waals surface area contributed by atoms with Crippen molar-refractivity contribution in [1.29, 1.82) is 0 Å². The van der Waals surface area contributed by atoms with E-state index in [1.807, 2.05) is 24.3 Å². The monoisotopic (exact) mass is 318 g/mol. The number of rotatable bonds is 4. The molecule has 1 atom stereocenters. The van der Waals surface area contributed by atoms with E-state index >= 15 is 0 Å². The van der Waals surface area contributed by atoms with E-state index in [9.17, 15) is 8.42 Å². The third kappa shape index (κ3) is 3.08. The molecule has 1 unspecified atom stereocenters. The van der Waals surface area contributed by atoms with E-state index in [4.69, 9.17) is 10.5 Å². The van der Waals surface area contributed by atoms with Crippen molar-refractivity contribution in [3.8, 4) is 5.75 Å². The Balaban J connectivity index is 1.74. The first-order valence-electron chi connectivity index (χ1n) is 7.13. The standard InChI is InChI=1S/C16H18N2O3S/c17-13-5-7-14(8-6-13)22(19,20)18-11-12-9-10-21-16-4-2-1-3-15(12)16/h1-8,12,18H,9-11,17H2. The molecule has 1 aliphatic heterocycles. The number of benzene rings is 2. The van der Waals surface area contributed by atoms with Crippen molar-refractivity contribution in [3.05, 3.63) is 54.1 Å². The number of hydrogen-bond acceptors (Lipinski definition) is 4. The van der Waals surface area contributed by atoms with Crippen molar-refractivity contribution in [3.63, 3.8) is 0 Å². The van der Waals surface area contributed by atoms with Gasteiger partial charge in [0, 0.05) is 18.2 Å². The van der Waals surface area contributed by atoms with E-state index < -0.39 is 10.0 Å². The van der Waals surface area contributed by atoms with Gasteiger partial charge >= 0.3 is 0 Å². The number of nitrogen functional groups attached to an aromatic ring is 1. The van der Waals surface area contributed by atoms with E-state index in [0.29, 0.717) is 18.8 Å². The van der Waals surface area contributed by atoms with Crippen molar-refractivity contribution in [2.45, 2.75) is 17.2 Å². The van der Waals surface area contributed by atoms with Crippen molar-refractivity contribution >= 4 is 15.7 Å². The summed E-state index contributed by atoms with van der Waals surface area (Å²) in [5.74, 6) is 0.957. The summed E-state index contributed by atoms with van der Waals surface area (Å²) in [5, 5.41) is 0. The molecule has 0 aliphatic carbocycles. The summed E-state index contributed by atoms with van der Waals surface area (Å²) >= 11 is 0. The van der Waals surface area contributed by atoms with E-state index in [0.717, 1.165) is 17.7 Å². The Bertz CT molecular complexity index is 757. The van der Waals surface area contributed by atoms with Crippen LogP contribution in [0.5, 0.6) is 5.75 Å². The van der Waals surface area contributed by atoms with E-state index in [2.05, 4.69) is 4.72 Å². The molecule has 5 nitrogen and oxygen atoms in total. The molecule has 0 saturated heterocycles. The summed E-state index contributed by atoms with van der Waals surface area (Å²) in [6, 6.07) is 13.9. The van der Waals surface area contributed by atoms with Crippen LogP contribution in [0.4, 0.5) is 5.69 Å². The molecule has 0 bridgehead atoms. The molecular formula is C16H18N2O3S. The average Bonchev–Trinajstić information content (AvgIpc) is 2.53. The van der Waals surface area contributed by atoms with E-state index in [-0.39, 0.29) is 10.8 Å². The first-order chi connectivity index (χ1) is 10.6. The topological polar surface area (TPSA) is 81.4 Å². The molecule has 2 aromatic carbocycles. The Kier molecular flexibility index (Phi) is 4.04. The number of anilines is 1. The minimum Gasteiger partial charge on any atom is -0.493 e. The molecule has 0 radical (unpaired) electrons. The number of sulfonamides is 1. The maximum Gasteiger partial charge on any atom is 0.240 e. The molecule has 0 fully saturated rings. The first kappa shape index (κ1) is 14.9. The Hall–Kier alpha value is -2.05. The summed E-state index contributed by atoms with van der Waals surface area (Å²) in [6.45, 7) is 0.957. The van der Waals surface area contributed by atoms with Gasteiger partial charge in [0.1, 0.15) is 5.75 Å². The lowest BCUT2D eigenvalue weighted by Crippen LogP contribution is -2.30. The molecule has 0 aromatic heterocycles. The first-order valence-corrected chi connectivity index (χ1v) is 8.61. The third-order valence-corrected chi connectivity index (χ3v) is 5.23. The van der Waals surface area contributed by atoms with Gasteiger partial charge in [0.15, 0.2) is 0 Å². The minimum absolute atomic E-state index is 0.119. The van der Waals surface area contributed by atoms with Crippen molar-refractivity contribution in [2.24, 2.45) is 0 Å². The van der Waals surface area contributed by atoms with Gasteiger partial charge in [-0.2, -0.15) is 0 Å². The molecule has 1 aliphatic rings. The second-order valence-electron chi connectivity index (χ2n) is 5.29. The lowest BCUT2D eigenvalue weighted by Gasteiger charge is -2.26. The Morgan fingerprint density at radius 2 is 1.86 bits per heavy atom. The van der Waals surface area contributed by atoms with Crippen LogP contribution in [0, 0.1) is 0 Å². The van der Waals surface area contributed by atoms with Crippen LogP contribution < -0.4 is 15.2 Å². The normalized spacial score (nSPS) is 17.5. The van der Waals surface area contributed by atoms with Crippen LogP contribution in [-0.2, 0) is 10.0 Å². The zero-order valence-corrected chi connectivity index (χ0v) is 12.8. The summed E-state index contributed by atoms with van der Waals surface area (Å²) in [4.78, 5) is 0.224. The smallest absolute Gasteiger partial charge is 0.240 e. The maximum atomic E-state index is 12.3. The zero-order chi connectivity index (χ0) is 15.6. The predicted molar refractivity (Wildman–Crippen MR) is 85.3 cm³/mol. The Labute approximate surface area is 130 Å². The quantitative estimate of drug-likeness (QED) is 0.846. The fourth-order valence-corrected chi connectivity index (χ4v) is 3.65. The highest BCUT2D eigenvalue weighted by Crippen LogP contribution is 2.33. The van der Waals surface area contributed by atoms with Gasteiger partial charge in [-0.1, -0.05) is 18.2 Å². The van der Waals surface area contributed by atoms with Crippen LogP contribution in [0.15, 0.2) is 53.4 Å². The van der Waals surface area contributed by atoms with Crippen molar-refractivity contribution < 1.29 is 13.2 Å². The fraction of sp³-hybridized carbons (Fsp3) is 0.250. The summed E-state index contributed by atoms with van der Waals surface area (Å²) in [5.41, 5.74) is 7.17. The van der Waals surface area contributed by atoms with Crippen LogP contribution >= 0.6 is 0 Å². The molecule has 22 heavy (non-hydrogen) atoms. The van der Waals surface area contributed by atoms with Gasteiger partial charge in [-0.25, -0.2) is 13.1 Å². The van der Waals surface area contributed by atoms with Crippen LogP contribution in [0.1, 0.15) is 17.9 Å². The molecular weight excluding hydrogens is 300 g/mol. The molecule has 2 aromatic rings. The van der Waals surface area contributed by atoms with Gasteiger partial charge in [0.25, 0.3) is 0 Å². The highest BCUT2D eigenvalue weighted by molar-refractivity contribution is 7.89. The van der Waals surface area contributed by atoms with Gasteiger partial charge in [-0.15, -0.1) is 0 Å². The lowest BCUT2D eigenvalue weighted by atomic mass is 9.93. The molecule has 0 amide bonds. The number of fused-ring (bicyclic) bond motifs is 1. The van der Waals surface area contributed by atoms with Crippen LogP contribution in [0.2, 0.25) is 0 Å². The predicted octanol–water partition coefficient (Wildman–Crippen LogP) is 2.11. The summed E-state index contributed by atoms with van der Waals surface area (Å²) in [6.07, 6.45) is 0.793. The number of nitrogens with two attached hydrogens (primary N) is 1. The molecule has 6 heteroatoms. The van der Waals surface area contributed by atoms with Gasteiger partial charge in [-0.3, -0.25) is 0 Å². The number of nitrogens with one attached hydrogen (secondary N) is 1. The zero-order valence-electron chi connectivity index (χ0n) is 12.0. The van der Waals surface area contributed by atoms with Gasteiger partial charge in [-0.05, 0) is 42.3 Å². The van der Waals surface area contributed by atoms with Crippen molar-refractivity contribution in [1.82, 2.24) is 4.72 Å². The summed E-state index contributed by atoms with van der Waals surface area (Å²) < 4.78 is 32.9. The lowest BCUT2D eigenvalue weighted by molar-refractivity contribution is 0.267. The van der Waals surface area contributed by atoms with Crippen LogP contribution in [-0.4, -0.2) is 21.6 Å². The Morgan fingerprint density at radius 3 is 2.64 bits per heavy atom. The van der Waals surface area contributed by atoms with Crippen LogP contribution in [0.3, 0.4) is 0 Å². The van der Waals surface area contributed by atoms with Crippen LogP contribution in [0.25, 0.3) is 0 Å². The largest absolute Gasteiger partial charge is 0.493 e. The average molecular weight is 318 g/mol. The number of para-hydroxylation sites is 1. The fourth-order valence-electron chi connectivity index (χ4n) is 2.57. The van der Waals surface area contributed by atoms with Gasteiger partial charge < -0.3 is 10.5 Å². The molecule has 0 spiro atoms. The van der Waals surface area contributed by atoms with E-state index in [1.54, 1.807) is 12.1 Å². The van der Waals surface area contributed by atoms with Crippen molar-refractivity contribution in [2.75, 3.05) is 18.9 Å². The Morgan fingerprint density at radius 1 is 1.14 bits per heavy atom. The molecule has 3 N–H and O–H groups in total. The highest BCUT2D eigenvalue weighted by Gasteiger charge is 2.23. The molecule has 1 heterocycles. The molecule has 0 saturated carbocycles. The second-order valence-corrected chi connectivity index (χ2v) is 7.06. The second kappa shape index (κ2) is 5.98. The SMILES string of the molecule is Nc1ccc(S(=O)(=O)NCC2CCOc3ccccc32)cc1. The minimum atomic E-state index is -3.53. The molecule has 116 valence electrons. The maximum absolute atomic E-state index is 12.3. The number of ether oxygens (including phenoxy) is 1. The highest BCUT2D eigenvalue weighted by atomic mass is 32.2. The van der Waals surface area contributed by atoms with E-state index in [1.165, 1.54) is 12.1 Å². The molecule has 3 rings (SSSR count). The summed E-state index contributed by atoms with van der Waals surface area (Å²) in [7, 11) is -3.53. The van der Waals surface area contributed by atoms with Gasteiger partial charge in [0.2, 0.25) is 10.0 Å². The number of hydrogen-bond donors (Lipinski definition) is 2.